The summed E-state index contributed by atoms with van der Waals surface area (Å²) in [6.07, 6.45) is 0. The van der Waals surface area contributed by atoms with E-state index in [1.165, 1.54) is 11.7 Å². The summed E-state index contributed by atoms with van der Waals surface area (Å²) in [6.45, 7) is 0.491. The Morgan fingerprint density at radius 2 is 1.76 bits per heavy atom. The standard InChI is InChI=1S/C20H19N5O4/c1-29-16-10-6-5-9-15(16)21-17(26)13-25-19(28)18(27)24-12-11-23(20(24)22-25)14-7-3-2-4-8-14/h2-10H,11-13H2,1H3,(H,21,26). The van der Waals surface area contributed by atoms with Gasteiger partial charge in [0, 0.05) is 18.8 Å². The molecule has 0 fully saturated rings. The normalized spacial score (nSPS) is 12.5. The zero-order valence-corrected chi connectivity index (χ0v) is 15.7. The summed E-state index contributed by atoms with van der Waals surface area (Å²) in [4.78, 5) is 39.3. The number of hydrogen-bond donors (Lipinski definition) is 1. The first kappa shape index (κ1) is 18.5. The van der Waals surface area contributed by atoms with Gasteiger partial charge in [0.2, 0.25) is 11.9 Å². The van der Waals surface area contributed by atoms with Crippen molar-refractivity contribution in [2.24, 2.45) is 0 Å². The van der Waals surface area contributed by atoms with Crippen LogP contribution in [0.15, 0.2) is 64.2 Å². The maximum Gasteiger partial charge on any atom is 0.333 e. The highest BCUT2D eigenvalue weighted by Gasteiger charge is 2.26. The van der Waals surface area contributed by atoms with Gasteiger partial charge in [-0.25, -0.2) is 4.68 Å². The van der Waals surface area contributed by atoms with Crippen LogP contribution in [-0.4, -0.2) is 33.9 Å². The first-order valence-corrected chi connectivity index (χ1v) is 9.06. The number of carbonyl (C=O) groups is 1. The summed E-state index contributed by atoms with van der Waals surface area (Å²) in [6, 6.07) is 16.4. The van der Waals surface area contributed by atoms with E-state index in [2.05, 4.69) is 10.4 Å². The maximum absolute atomic E-state index is 12.5. The minimum atomic E-state index is -0.834. The third-order valence-electron chi connectivity index (χ3n) is 4.65. The zero-order valence-electron chi connectivity index (χ0n) is 15.7. The molecule has 4 rings (SSSR count). The van der Waals surface area contributed by atoms with Gasteiger partial charge in [-0.2, -0.15) is 0 Å². The van der Waals surface area contributed by atoms with Gasteiger partial charge < -0.3 is 15.0 Å². The van der Waals surface area contributed by atoms with E-state index in [0.29, 0.717) is 30.5 Å². The fourth-order valence-electron chi connectivity index (χ4n) is 3.26. The van der Waals surface area contributed by atoms with E-state index in [1.807, 2.05) is 35.2 Å². The average Bonchev–Trinajstić information content (AvgIpc) is 3.16. The third-order valence-corrected chi connectivity index (χ3v) is 4.65. The Morgan fingerprint density at radius 3 is 2.52 bits per heavy atom. The van der Waals surface area contributed by atoms with Gasteiger partial charge in [-0.3, -0.25) is 19.0 Å². The molecule has 1 aromatic heterocycles. The lowest BCUT2D eigenvalue weighted by molar-refractivity contribution is -0.117. The maximum atomic E-state index is 12.5. The van der Waals surface area contributed by atoms with Crippen LogP contribution in [0.5, 0.6) is 5.75 Å². The van der Waals surface area contributed by atoms with Crippen LogP contribution in [0, 0.1) is 0 Å². The molecule has 2 heterocycles. The predicted molar refractivity (Wildman–Crippen MR) is 108 cm³/mol. The van der Waals surface area contributed by atoms with Crippen molar-refractivity contribution in [2.75, 3.05) is 23.9 Å². The molecule has 0 unspecified atom stereocenters. The Kier molecular flexibility index (Phi) is 4.86. The van der Waals surface area contributed by atoms with Crippen LogP contribution in [0.4, 0.5) is 17.3 Å². The number of ether oxygens (including phenoxy) is 1. The van der Waals surface area contributed by atoms with Crippen molar-refractivity contribution in [2.45, 2.75) is 13.1 Å². The molecule has 1 N–H and O–H groups in total. The number of methoxy groups -OCH3 is 1. The molecule has 148 valence electrons. The second-order valence-electron chi connectivity index (χ2n) is 6.46. The van der Waals surface area contributed by atoms with Gasteiger partial charge in [-0.15, -0.1) is 5.10 Å². The van der Waals surface area contributed by atoms with Crippen molar-refractivity contribution >= 4 is 23.2 Å². The van der Waals surface area contributed by atoms with Crippen molar-refractivity contribution < 1.29 is 9.53 Å². The predicted octanol–water partition coefficient (Wildman–Crippen LogP) is 1.20. The number of anilines is 3. The van der Waals surface area contributed by atoms with E-state index < -0.39 is 17.0 Å². The molecule has 0 saturated heterocycles. The highest BCUT2D eigenvalue weighted by atomic mass is 16.5. The molecule has 2 aromatic carbocycles. The van der Waals surface area contributed by atoms with Crippen molar-refractivity contribution in [1.29, 1.82) is 0 Å². The van der Waals surface area contributed by atoms with Crippen LogP contribution in [0.1, 0.15) is 0 Å². The van der Waals surface area contributed by atoms with Crippen molar-refractivity contribution in [3.8, 4) is 5.75 Å². The summed E-state index contributed by atoms with van der Waals surface area (Å²) in [5.41, 5.74) is -0.205. The van der Waals surface area contributed by atoms with Crippen LogP contribution in [0.25, 0.3) is 0 Å². The number of benzene rings is 2. The summed E-state index contributed by atoms with van der Waals surface area (Å²) in [5, 5.41) is 6.98. The first-order valence-electron chi connectivity index (χ1n) is 9.06. The van der Waals surface area contributed by atoms with Crippen LogP contribution >= 0.6 is 0 Å². The van der Waals surface area contributed by atoms with Gasteiger partial charge in [0.25, 0.3) is 0 Å². The molecule has 0 atom stereocenters. The van der Waals surface area contributed by atoms with Crippen molar-refractivity contribution in [3.05, 3.63) is 75.3 Å². The van der Waals surface area contributed by atoms with Gasteiger partial charge in [-0.1, -0.05) is 30.3 Å². The molecule has 1 aliphatic rings. The molecule has 9 nitrogen and oxygen atoms in total. The fraction of sp³-hybridized carbons (Fsp3) is 0.200. The van der Waals surface area contributed by atoms with Gasteiger partial charge in [0.15, 0.2) is 0 Å². The van der Waals surface area contributed by atoms with Crippen LogP contribution in [0.3, 0.4) is 0 Å². The number of para-hydroxylation sites is 3. The highest BCUT2D eigenvalue weighted by Crippen LogP contribution is 2.26. The van der Waals surface area contributed by atoms with Crippen molar-refractivity contribution in [3.63, 3.8) is 0 Å². The summed E-state index contributed by atoms with van der Waals surface area (Å²) in [7, 11) is 1.50. The molecular formula is C20H19N5O4. The Hall–Kier alpha value is -3.88. The quantitative estimate of drug-likeness (QED) is 0.654. The van der Waals surface area contributed by atoms with Gasteiger partial charge in [-0.05, 0) is 24.3 Å². The second kappa shape index (κ2) is 7.63. The molecule has 1 aliphatic heterocycles. The summed E-state index contributed by atoms with van der Waals surface area (Å²) in [5.74, 6) is 0.342. The van der Waals surface area contributed by atoms with Crippen LogP contribution in [0.2, 0.25) is 0 Å². The Labute approximate surface area is 165 Å². The Balaban J connectivity index is 1.64. The number of hydrogen-bond acceptors (Lipinski definition) is 6. The Bertz CT molecular complexity index is 1170. The monoisotopic (exact) mass is 393 g/mol. The van der Waals surface area contributed by atoms with Gasteiger partial charge in [0.1, 0.15) is 12.3 Å². The van der Waals surface area contributed by atoms with E-state index in [1.54, 1.807) is 24.3 Å². The molecule has 0 spiro atoms. The van der Waals surface area contributed by atoms with E-state index in [4.69, 9.17) is 4.74 Å². The number of fused-ring (bicyclic) bond motifs is 1. The number of carbonyl (C=O) groups excluding carboxylic acids is 1. The van der Waals surface area contributed by atoms with E-state index >= 15 is 0 Å². The van der Waals surface area contributed by atoms with Crippen LogP contribution < -0.4 is 26.1 Å². The third kappa shape index (κ3) is 3.49. The molecule has 0 aliphatic carbocycles. The van der Waals surface area contributed by atoms with Crippen LogP contribution in [-0.2, 0) is 17.9 Å². The molecule has 0 radical (unpaired) electrons. The lowest BCUT2D eigenvalue weighted by Gasteiger charge is -2.17. The number of nitrogens with zero attached hydrogens (tertiary/aromatic N) is 4. The minimum Gasteiger partial charge on any atom is -0.495 e. The Morgan fingerprint density at radius 1 is 1.03 bits per heavy atom. The average molecular weight is 393 g/mol. The molecule has 1 amide bonds. The second-order valence-corrected chi connectivity index (χ2v) is 6.46. The summed E-state index contributed by atoms with van der Waals surface area (Å²) < 4.78 is 7.44. The molecular weight excluding hydrogens is 374 g/mol. The number of nitrogens with one attached hydrogen (secondary N) is 1. The summed E-state index contributed by atoms with van der Waals surface area (Å²) >= 11 is 0. The highest BCUT2D eigenvalue weighted by molar-refractivity contribution is 5.92. The molecule has 3 aromatic rings. The lowest BCUT2D eigenvalue weighted by Crippen LogP contribution is -2.44. The first-order chi connectivity index (χ1) is 14.1. The van der Waals surface area contributed by atoms with Gasteiger partial charge >= 0.3 is 11.1 Å². The minimum absolute atomic E-state index is 0.339. The number of aromatic nitrogens is 3. The van der Waals surface area contributed by atoms with E-state index in [9.17, 15) is 14.4 Å². The lowest BCUT2D eigenvalue weighted by atomic mass is 10.3. The smallest absolute Gasteiger partial charge is 0.333 e. The number of amides is 1. The van der Waals surface area contributed by atoms with E-state index in [0.717, 1.165) is 10.4 Å². The van der Waals surface area contributed by atoms with E-state index in [-0.39, 0.29) is 6.54 Å². The van der Waals surface area contributed by atoms with Gasteiger partial charge in [0.05, 0.1) is 12.8 Å². The SMILES string of the molecule is COc1ccccc1NC(=O)Cn1nc2n(c(=O)c1=O)CCN2c1ccccc1. The molecule has 9 heteroatoms. The number of rotatable bonds is 5. The molecule has 0 bridgehead atoms. The zero-order chi connectivity index (χ0) is 20.4. The fourth-order valence-corrected chi connectivity index (χ4v) is 3.26. The molecule has 0 saturated carbocycles. The molecule has 29 heavy (non-hydrogen) atoms. The largest absolute Gasteiger partial charge is 0.495 e. The topological polar surface area (TPSA) is 98.5 Å². The van der Waals surface area contributed by atoms with Crippen molar-refractivity contribution in [1.82, 2.24) is 14.3 Å².